The van der Waals surface area contributed by atoms with Gasteiger partial charge in [-0.1, -0.05) is 30.3 Å². The molecule has 3 aliphatic heterocycles. The lowest BCUT2D eigenvalue weighted by molar-refractivity contribution is -0.127. The summed E-state index contributed by atoms with van der Waals surface area (Å²) in [5.41, 5.74) is 5.16. The Morgan fingerprint density at radius 2 is 1.81 bits per heavy atom. The van der Waals surface area contributed by atoms with Crippen LogP contribution >= 0.6 is 0 Å². The summed E-state index contributed by atoms with van der Waals surface area (Å²) in [6.45, 7) is 3.31. The normalized spacial score (nSPS) is 18.7. The van der Waals surface area contributed by atoms with Gasteiger partial charge in [-0.25, -0.2) is 0 Å². The highest BCUT2D eigenvalue weighted by Crippen LogP contribution is 2.44. The van der Waals surface area contributed by atoms with E-state index in [4.69, 9.17) is 0 Å². The number of nitrogens with one attached hydrogen (secondary N) is 1. The fourth-order valence-electron chi connectivity index (χ4n) is 6.29. The largest absolute Gasteiger partial charge is 0.356 e. The second-order valence-electron chi connectivity index (χ2n) is 10.2. The maximum Gasteiger partial charge on any atom is 0.257 e. The lowest BCUT2D eigenvalue weighted by Gasteiger charge is -2.46. The number of para-hydroxylation sites is 2. The van der Waals surface area contributed by atoms with Gasteiger partial charge in [0.15, 0.2) is 0 Å². The molecule has 6 rings (SSSR count). The predicted octanol–water partition coefficient (Wildman–Crippen LogP) is 3.31. The molecular formula is C29H33N5O3. The molecule has 3 amide bonds. The van der Waals surface area contributed by atoms with E-state index in [0.29, 0.717) is 39.0 Å². The third kappa shape index (κ3) is 4.04. The van der Waals surface area contributed by atoms with Crippen molar-refractivity contribution in [3.63, 3.8) is 0 Å². The molecule has 0 radical (unpaired) electrons. The fourth-order valence-corrected chi connectivity index (χ4v) is 6.29. The van der Waals surface area contributed by atoms with E-state index < -0.39 is 0 Å². The Balaban J connectivity index is 1.23. The standard InChI is InChI=1S/C29H33N5O3/c1-31-23-10-4-3-9-22(23)29(37)34-18-13-21-20-8-2-5-11-24(20)33(27(21)28(31)34)19-14-25(35)30-15-7-17-32-16-6-12-26(32)36/h2-5,8-11,28H,6-7,12-19H2,1H3,(H,30,35)/t28-/m1/s1. The van der Waals surface area contributed by atoms with Crippen LogP contribution < -0.4 is 10.2 Å². The van der Waals surface area contributed by atoms with E-state index in [-0.39, 0.29) is 23.9 Å². The zero-order chi connectivity index (χ0) is 25.5. The van der Waals surface area contributed by atoms with Gasteiger partial charge in [0, 0.05) is 63.5 Å². The van der Waals surface area contributed by atoms with Gasteiger partial charge in [0.2, 0.25) is 11.8 Å². The highest BCUT2D eigenvalue weighted by atomic mass is 16.2. The molecule has 3 aliphatic rings. The molecule has 37 heavy (non-hydrogen) atoms. The Morgan fingerprint density at radius 3 is 2.65 bits per heavy atom. The third-order valence-corrected chi connectivity index (χ3v) is 8.07. The molecule has 1 aromatic heterocycles. The number of aromatic nitrogens is 1. The molecule has 4 heterocycles. The number of likely N-dealkylation sites (tertiary alicyclic amines) is 1. The average molecular weight is 500 g/mol. The number of benzene rings is 2. The van der Waals surface area contributed by atoms with Crippen molar-refractivity contribution in [3.8, 4) is 0 Å². The van der Waals surface area contributed by atoms with Crippen LogP contribution in [0.4, 0.5) is 5.69 Å². The van der Waals surface area contributed by atoms with Gasteiger partial charge in [0.25, 0.3) is 5.91 Å². The molecule has 0 bridgehead atoms. The smallest absolute Gasteiger partial charge is 0.257 e. The SMILES string of the molecule is CN1c2ccccc2C(=O)N2CCc3c(n(CCC(=O)NCCCN4CCCC4=O)c4ccccc34)[C@@H]21. The molecule has 1 N–H and O–H groups in total. The molecule has 1 saturated heterocycles. The van der Waals surface area contributed by atoms with Crippen LogP contribution in [0.1, 0.15) is 53.5 Å². The first-order chi connectivity index (χ1) is 18.0. The first-order valence-electron chi connectivity index (χ1n) is 13.3. The topological polar surface area (TPSA) is 77.9 Å². The van der Waals surface area contributed by atoms with Crippen molar-refractivity contribution < 1.29 is 14.4 Å². The molecule has 0 unspecified atom stereocenters. The maximum absolute atomic E-state index is 13.5. The molecule has 0 spiro atoms. The number of fused-ring (bicyclic) bond motifs is 6. The zero-order valence-corrected chi connectivity index (χ0v) is 21.3. The summed E-state index contributed by atoms with van der Waals surface area (Å²) < 4.78 is 2.25. The van der Waals surface area contributed by atoms with E-state index in [1.807, 2.05) is 40.1 Å². The average Bonchev–Trinajstić information content (AvgIpc) is 3.48. The quantitative estimate of drug-likeness (QED) is 0.506. The minimum Gasteiger partial charge on any atom is -0.356 e. The van der Waals surface area contributed by atoms with Gasteiger partial charge in [0.05, 0.1) is 16.9 Å². The van der Waals surface area contributed by atoms with E-state index >= 15 is 0 Å². The Morgan fingerprint density at radius 1 is 1.00 bits per heavy atom. The molecule has 8 nitrogen and oxygen atoms in total. The molecule has 1 atom stereocenters. The number of aryl methyl sites for hydroxylation is 1. The van der Waals surface area contributed by atoms with E-state index in [1.54, 1.807) is 0 Å². The minimum absolute atomic E-state index is 0.00497. The Labute approximate surface area is 216 Å². The van der Waals surface area contributed by atoms with Crippen LogP contribution in [0.25, 0.3) is 10.9 Å². The van der Waals surface area contributed by atoms with Crippen molar-refractivity contribution in [2.24, 2.45) is 0 Å². The van der Waals surface area contributed by atoms with Gasteiger partial charge < -0.3 is 24.6 Å². The summed E-state index contributed by atoms with van der Waals surface area (Å²) in [5, 5.41) is 4.23. The van der Waals surface area contributed by atoms with Crippen molar-refractivity contribution in [3.05, 3.63) is 65.4 Å². The predicted molar refractivity (Wildman–Crippen MR) is 142 cm³/mol. The van der Waals surface area contributed by atoms with Crippen molar-refractivity contribution in [1.82, 2.24) is 19.7 Å². The maximum atomic E-state index is 13.5. The summed E-state index contributed by atoms with van der Waals surface area (Å²) in [5.74, 6) is 0.291. The number of rotatable bonds is 7. The van der Waals surface area contributed by atoms with Crippen LogP contribution in [0.15, 0.2) is 48.5 Å². The zero-order valence-electron chi connectivity index (χ0n) is 21.3. The van der Waals surface area contributed by atoms with Crippen molar-refractivity contribution in [1.29, 1.82) is 0 Å². The van der Waals surface area contributed by atoms with Gasteiger partial charge in [-0.15, -0.1) is 0 Å². The van der Waals surface area contributed by atoms with E-state index in [2.05, 4.69) is 40.0 Å². The summed E-state index contributed by atoms with van der Waals surface area (Å²) >= 11 is 0. The van der Waals surface area contributed by atoms with Gasteiger partial charge in [0.1, 0.15) is 6.17 Å². The highest BCUT2D eigenvalue weighted by Gasteiger charge is 2.42. The van der Waals surface area contributed by atoms with Crippen LogP contribution in [0.2, 0.25) is 0 Å². The Hall–Kier alpha value is -3.81. The van der Waals surface area contributed by atoms with E-state index in [1.165, 1.54) is 10.9 Å². The second kappa shape index (κ2) is 9.57. The van der Waals surface area contributed by atoms with Crippen LogP contribution in [0.5, 0.6) is 0 Å². The van der Waals surface area contributed by atoms with Gasteiger partial charge in [-0.05, 0) is 43.0 Å². The molecular weight excluding hydrogens is 466 g/mol. The molecule has 0 saturated carbocycles. The highest BCUT2D eigenvalue weighted by molar-refractivity contribution is 6.02. The van der Waals surface area contributed by atoms with Crippen LogP contribution in [-0.2, 0) is 22.6 Å². The monoisotopic (exact) mass is 499 g/mol. The van der Waals surface area contributed by atoms with Gasteiger partial charge in [-0.3, -0.25) is 14.4 Å². The lowest BCUT2D eigenvalue weighted by Crippen LogP contribution is -2.51. The summed E-state index contributed by atoms with van der Waals surface area (Å²) in [7, 11) is 2.05. The molecule has 8 heteroatoms. The van der Waals surface area contributed by atoms with Crippen molar-refractivity contribution >= 4 is 34.3 Å². The first-order valence-corrected chi connectivity index (χ1v) is 13.3. The number of amides is 3. The van der Waals surface area contributed by atoms with Gasteiger partial charge in [-0.2, -0.15) is 0 Å². The lowest BCUT2D eigenvalue weighted by atomic mass is 9.96. The number of hydrogen-bond donors (Lipinski definition) is 1. The molecule has 192 valence electrons. The number of anilines is 1. The fraction of sp³-hybridized carbons (Fsp3) is 0.414. The Bertz CT molecular complexity index is 1380. The molecule has 2 aromatic carbocycles. The molecule has 1 fully saturated rings. The van der Waals surface area contributed by atoms with Gasteiger partial charge >= 0.3 is 0 Å². The second-order valence-corrected chi connectivity index (χ2v) is 10.2. The number of carbonyl (C=O) groups excluding carboxylic acids is 3. The van der Waals surface area contributed by atoms with Crippen LogP contribution in [-0.4, -0.2) is 65.3 Å². The summed E-state index contributed by atoms with van der Waals surface area (Å²) in [6.07, 6.45) is 3.29. The summed E-state index contributed by atoms with van der Waals surface area (Å²) in [4.78, 5) is 44.1. The Kier molecular flexibility index (Phi) is 6.10. The van der Waals surface area contributed by atoms with Crippen molar-refractivity contribution in [2.45, 2.75) is 44.8 Å². The number of nitrogens with zero attached hydrogens (tertiary/aromatic N) is 4. The number of hydrogen-bond acceptors (Lipinski definition) is 4. The molecule has 0 aliphatic carbocycles. The van der Waals surface area contributed by atoms with Crippen LogP contribution in [0.3, 0.4) is 0 Å². The first kappa shape index (κ1) is 23.6. The van der Waals surface area contributed by atoms with Crippen molar-refractivity contribution in [2.75, 3.05) is 38.1 Å². The third-order valence-electron chi connectivity index (χ3n) is 8.07. The van der Waals surface area contributed by atoms with E-state index in [9.17, 15) is 14.4 Å². The number of carbonyl (C=O) groups is 3. The van der Waals surface area contributed by atoms with E-state index in [0.717, 1.165) is 48.3 Å². The van der Waals surface area contributed by atoms with Crippen LogP contribution in [0, 0.1) is 0 Å². The molecule has 3 aromatic rings. The minimum atomic E-state index is -0.209. The summed E-state index contributed by atoms with van der Waals surface area (Å²) in [6, 6.07) is 16.2.